The van der Waals surface area contributed by atoms with Gasteiger partial charge in [-0.25, -0.2) is 4.98 Å². The molecule has 0 bridgehead atoms. The van der Waals surface area contributed by atoms with Crippen molar-refractivity contribution in [2.24, 2.45) is 5.73 Å². The van der Waals surface area contributed by atoms with Crippen LogP contribution in [0.4, 0.5) is 0 Å². The first-order chi connectivity index (χ1) is 8.58. The third-order valence-electron chi connectivity index (χ3n) is 2.98. The van der Waals surface area contributed by atoms with Gasteiger partial charge in [0.05, 0.1) is 0 Å². The Hall–Kier alpha value is -1.87. The zero-order valence-corrected chi connectivity index (χ0v) is 11.0. The van der Waals surface area contributed by atoms with Crippen molar-refractivity contribution in [2.75, 3.05) is 0 Å². The molecule has 0 spiro atoms. The van der Waals surface area contributed by atoms with Gasteiger partial charge in [0.25, 0.3) is 0 Å². The summed E-state index contributed by atoms with van der Waals surface area (Å²) in [6.07, 6.45) is 1.71. The molecule has 0 aliphatic carbocycles. The molecule has 1 aromatic heterocycles. The van der Waals surface area contributed by atoms with Crippen LogP contribution in [-0.2, 0) is 0 Å². The van der Waals surface area contributed by atoms with Gasteiger partial charge in [-0.1, -0.05) is 12.1 Å². The van der Waals surface area contributed by atoms with Crippen LogP contribution in [0.25, 0.3) is 0 Å². The summed E-state index contributed by atoms with van der Waals surface area (Å²) in [6.45, 7) is 6.06. The van der Waals surface area contributed by atoms with Crippen LogP contribution in [0.2, 0.25) is 0 Å². The summed E-state index contributed by atoms with van der Waals surface area (Å²) in [5.41, 5.74) is 9.26. The highest BCUT2D eigenvalue weighted by atomic mass is 16.5. The molecule has 2 aromatic rings. The molecule has 3 heteroatoms. The number of rotatable bonds is 3. The van der Waals surface area contributed by atoms with Gasteiger partial charge in [-0.05, 0) is 50.1 Å². The standard InChI is InChI=1S/C15H18N2O/c1-10-6-7-13(9-11(10)2)18-15-14(12(3)16)5-4-8-17-15/h4-9,12H,16H2,1-3H3/t12-/m1/s1. The summed E-state index contributed by atoms with van der Waals surface area (Å²) in [5, 5.41) is 0. The van der Waals surface area contributed by atoms with Crippen molar-refractivity contribution in [3.05, 3.63) is 53.2 Å². The highest BCUT2D eigenvalue weighted by Gasteiger charge is 2.09. The second kappa shape index (κ2) is 5.19. The average molecular weight is 242 g/mol. The molecule has 3 nitrogen and oxygen atoms in total. The monoisotopic (exact) mass is 242 g/mol. The van der Waals surface area contributed by atoms with E-state index in [9.17, 15) is 0 Å². The fourth-order valence-corrected chi connectivity index (χ4v) is 1.72. The van der Waals surface area contributed by atoms with Crippen molar-refractivity contribution >= 4 is 0 Å². The lowest BCUT2D eigenvalue weighted by Crippen LogP contribution is -2.07. The number of ether oxygens (including phenoxy) is 1. The number of pyridine rings is 1. The number of aromatic nitrogens is 1. The minimum Gasteiger partial charge on any atom is -0.439 e. The zero-order chi connectivity index (χ0) is 13.1. The molecule has 1 heterocycles. The van der Waals surface area contributed by atoms with Crippen LogP contribution in [0.1, 0.15) is 29.7 Å². The van der Waals surface area contributed by atoms with Crippen LogP contribution < -0.4 is 10.5 Å². The molecule has 0 fully saturated rings. The van der Waals surface area contributed by atoms with E-state index in [1.807, 2.05) is 37.3 Å². The number of benzene rings is 1. The zero-order valence-electron chi connectivity index (χ0n) is 11.0. The molecule has 0 aliphatic heterocycles. The van der Waals surface area contributed by atoms with Crippen molar-refractivity contribution in [3.63, 3.8) is 0 Å². The molecule has 18 heavy (non-hydrogen) atoms. The topological polar surface area (TPSA) is 48.1 Å². The minimum absolute atomic E-state index is 0.0970. The first kappa shape index (κ1) is 12.6. The molecular formula is C15H18N2O. The van der Waals surface area contributed by atoms with E-state index in [4.69, 9.17) is 10.5 Å². The van der Waals surface area contributed by atoms with E-state index in [0.717, 1.165) is 11.3 Å². The maximum Gasteiger partial charge on any atom is 0.223 e. The smallest absolute Gasteiger partial charge is 0.223 e. The molecular weight excluding hydrogens is 224 g/mol. The van der Waals surface area contributed by atoms with Gasteiger partial charge < -0.3 is 10.5 Å². The lowest BCUT2D eigenvalue weighted by atomic mass is 10.1. The van der Waals surface area contributed by atoms with Gasteiger partial charge in [-0.2, -0.15) is 0 Å². The Morgan fingerprint density at radius 2 is 1.94 bits per heavy atom. The summed E-state index contributed by atoms with van der Waals surface area (Å²) in [7, 11) is 0. The van der Waals surface area contributed by atoms with Crippen LogP contribution in [0.3, 0.4) is 0 Å². The first-order valence-electron chi connectivity index (χ1n) is 6.03. The van der Waals surface area contributed by atoms with Gasteiger partial charge in [0.1, 0.15) is 5.75 Å². The maximum atomic E-state index is 5.90. The van der Waals surface area contributed by atoms with Crippen LogP contribution in [0.15, 0.2) is 36.5 Å². The predicted molar refractivity (Wildman–Crippen MR) is 72.8 cm³/mol. The van der Waals surface area contributed by atoms with Crippen molar-refractivity contribution in [2.45, 2.75) is 26.8 Å². The van der Waals surface area contributed by atoms with E-state index >= 15 is 0 Å². The van der Waals surface area contributed by atoms with E-state index in [1.165, 1.54) is 11.1 Å². The number of hydrogen-bond donors (Lipinski definition) is 1. The van der Waals surface area contributed by atoms with E-state index in [-0.39, 0.29) is 6.04 Å². The molecule has 0 aliphatic rings. The fourth-order valence-electron chi connectivity index (χ4n) is 1.72. The molecule has 0 saturated carbocycles. The lowest BCUT2D eigenvalue weighted by molar-refractivity contribution is 0.451. The van der Waals surface area contributed by atoms with E-state index in [1.54, 1.807) is 6.20 Å². The number of aryl methyl sites for hydroxylation is 2. The highest BCUT2D eigenvalue weighted by Crippen LogP contribution is 2.27. The fraction of sp³-hybridized carbons (Fsp3) is 0.267. The summed E-state index contributed by atoms with van der Waals surface area (Å²) in [4.78, 5) is 4.25. The maximum absolute atomic E-state index is 5.90. The Bertz CT molecular complexity index is 550. The van der Waals surface area contributed by atoms with Gasteiger partial charge in [-0.3, -0.25) is 0 Å². The van der Waals surface area contributed by atoms with E-state index in [0.29, 0.717) is 5.88 Å². The van der Waals surface area contributed by atoms with Gasteiger partial charge in [0.15, 0.2) is 0 Å². The van der Waals surface area contributed by atoms with Gasteiger partial charge in [0.2, 0.25) is 5.88 Å². The molecule has 0 amide bonds. The van der Waals surface area contributed by atoms with Crippen molar-refractivity contribution in [1.82, 2.24) is 4.98 Å². The SMILES string of the molecule is Cc1ccc(Oc2ncccc2[C@@H](C)N)cc1C. The second-order valence-corrected chi connectivity index (χ2v) is 4.53. The number of hydrogen-bond acceptors (Lipinski definition) is 3. The summed E-state index contributed by atoms with van der Waals surface area (Å²) < 4.78 is 5.82. The third kappa shape index (κ3) is 2.68. The number of nitrogens with two attached hydrogens (primary N) is 1. The molecule has 94 valence electrons. The summed E-state index contributed by atoms with van der Waals surface area (Å²) in [5.74, 6) is 1.37. The summed E-state index contributed by atoms with van der Waals surface area (Å²) in [6, 6.07) is 9.70. The molecule has 0 radical (unpaired) electrons. The Balaban J connectivity index is 2.31. The van der Waals surface area contributed by atoms with Crippen molar-refractivity contribution in [1.29, 1.82) is 0 Å². The second-order valence-electron chi connectivity index (χ2n) is 4.53. The van der Waals surface area contributed by atoms with Gasteiger partial charge in [0, 0.05) is 17.8 Å². The third-order valence-corrected chi connectivity index (χ3v) is 2.98. The molecule has 2 N–H and O–H groups in total. The molecule has 1 atom stereocenters. The number of nitrogens with zero attached hydrogens (tertiary/aromatic N) is 1. The lowest BCUT2D eigenvalue weighted by Gasteiger charge is -2.12. The van der Waals surface area contributed by atoms with E-state index in [2.05, 4.69) is 18.8 Å². The highest BCUT2D eigenvalue weighted by molar-refractivity contribution is 5.38. The minimum atomic E-state index is -0.0970. The Morgan fingerprint density at radius 1 is 1.17 bits per heavy atom. The van der Waals surface area contributed by atoms with E-state index < -0.39 is 0 Å². The predicted octanol–water partition coefficient (Wildman–Crippen LogP) is 3.51. The molecule has 1 aromatic carbocycles. The van der Waals surface area contributed by atoms with Crippen molar-refractivity contribution < 1.29 is 4.74 Å². The first-order valence-corrected chi connectivity index (χ1v) is 6.03. The molecule has 0 unspecified atom stereocenters. The average Bonchev–Trinajstić information content (AvgIpc) is 2.34. The molecule has 0 saturated heterocycles. The van der Waals surface area contributed by atoms with Crippen LogP contribution in [0, 0.1) is 13.8 Å². The van der Waals surface area contributed by atoms with Crippen LogP contribution in [-0.4, -0.2) is 4.98 Å². The van der Waals surface area contributed by atoms with Gasteiger partial charge >= 0.3 is 0 Å². The quantitative estimate of drug-likeness (QED) is 0.896. The Labute approximate surface area is 108 Å². The van der Waals surface area contributed by atoms with Crippen molar-refractivity contribution in [3.8, 4) is 11.6 Å². The van der Waals surface area contributed by atoms with Crippen LogP contribution in [0.5, 0.6) is 11.6 Å². The normalized spacial score (nSPS) is 12.2. The molecule has 2 rings (SSSR count). The Kier molecular flexibility index (Phi) is 3.63. The largest absolute Gasteiger partial charge is 0.439 e. The Morgan fingerprint density at radius 3 is 2.61 bits per heavy atom. The van der Waals surface area contributed by atoms with Gasteiger partial charge in [-0.15, -0.1) is 0 Å². The summed E-state index contributed by atoms with van der Waals surface area (Å²) >= 11 is 0. The van der Waals surface area contributed by atoms with Crippen LogP contribution >= 0.6 is 0 Å².